The molecule has 7 nitrogen and oxygen atoms in total. The van der Waals surface area contributed by atoms with Crippen LogP contribution in [0.1, 0.15) is 22.0 Å². The van der Waals surface area contributed by atoms with Gasteiger partial charge in [-0.2, -0.15) is 0 Å². The van der Waals surface area contributed by atoms with Crippen molar-refractivity contribution in [2.24, 2.45) is 0 Å². The maximum Gasteiger partial charge on any atom is 0.271 e. The van der Waals surface area contributed by atoms with Crippen LogP contribution in [0.3, 0.4) is 0 Å². The molecule has 140 valence electrons. The summed E-state index contributed by atoms with van der Waals surface area (Å²) in [6.07, 6.45) is 1.78. The van der Waals surface area contributed by atoms with Gasteiger partial charge in [-0.3, -0.25) is 4.79 Å². The van der Waals surface area contributed by atoms with E-state index in [4.69, 9.17) is 9.15 Å². The minimum absolute atomic E-state index is 0.214. The Bertz CT molecular complexity index is 930. The van der Waals surface area contributed by atoms with Crippen molar-refractivity contribution < 1.29 is 13.9 Å². The zero-order chi connectivity index (χ0) is 18.6. The van der Waals surface area contributed by atoms with Crippen LogP contribution >= 0.6 is 11.3 Å². The van der Waals surface area contributed by atoms with Gasteiger partial charge < -0.3 is 19.4 Å². The van der Waals surface area contributed by atoms with E-state index in [-0.39, 0.29) is 5.91 Å². The molecule has 0 saturated carbocycles. The number of aryl methyl sites for hydroxylation is 1. The first-order valence-corrected chi connectivity index (χ1v) is 9.65. The third-order valence-electron chi connectivity index (χ3n) is 4.28. The first kappa shape index (κ1) is 17.7. The number of furan rings is 1. The van der Waals surface area contributed by atoms with Gasteiger partial charge in [0.05, 0.1) is 19.8 Å². The van der Waals surface area contributed by atoms with Gasteiger partial charge in [0.1, 0.15) is 28.0 Å². The molecule has 0 bridgehead atoms. The van der Waals surface area contributed by atoms with Gasteiger partial charge in [0.15, 0.2) is 0 Å². The predicted octanol–water partition coefficient (Wildman–Crippen LogP) is 2.87. The second-order valence-electron chi connectivity index (χ2n) is 6.24. The maximum atomic E-state index is 12.3. The van der Waals surface area contributed by atoms with E-state index in [0.29, 0.717) is 25.5 Å². The molecule has 0 aromatic carbocycles. The Morgan fingerprint density at radius 3 is 2.93 bits per heavy atom. The van der Waals surface area contributed by atoms with Crippen LogP contribution in [0.25, 0.3) is 10.6 Å². The number of rotatable bonds is 5. The van der Waals surface area contributed by atoms with Gasteiger partial charge >= 0.3 is 0 Å². The molecule has 1 aliphatic rings. The molecule has 3 aromatic rings. The largest absolute Gasteiger partial charge is 0.465 e. The average Bonchev–Trinajstić information content (AvgIpc) is 3.36. The molecule has 3 aromatic heterocycles. The molecule has 0 atom stereocenters. The summed E-state index contributed by atoms with van der Waals surface area (Å²) in [5, 5.41) is 5.40. The highest BCUT2D eigenvalue weighted by Crippen LogP contribution is 2.26. The zero-order valence-electron chi connectivity index (χ0n) is 15.0. The summed E-state index contributed by atoms with van der Waals surface area (Å²) >= 11 is 1.45. The number of carbonyl (C=O) groups excluding carboxylic acids is 1. The summed E-state index contributed by atoms with van der Waals surface area (Å²) < 4.78 is 10.9. The molecule has 4 heterocycles. The number of morpholine rings is 1. The lowest BCUT2D eigenvalue weighted by Crippen LogP contribution is -2.36. The van der Waals surface area contributed by atoms with Crippen molar-refractivity contribution in [1.29, 1.82) is 0 Å². The smallest absolute Gasteiger partial charge is 0.271 e. The number of nitrogens with one attached hydrogen (secondary N) is 1. The van der Waals surface area contributed by atoms with E-state index in [1.54, 1.807) is 11.6 Å². The Kier molecular flexibility index (Phi) is 5.17. The number of carbonyl (C=O) groups is 1. The van der Waals surface area contributed by atoms with Crippen LogP contribution < -0.4 is 10.2 Å². The van der Waals surface area contributed by atoms with Crippen molar-refractivity contribution in [2.75, 3.05) is 31.2 Å². The first-order valence-electron chi connectivity index (χ1n) is 8.77. The summed E-state index contributed by atoms with van der Waals surface area (Å²) in [7, 11) is 0. The molecule has 1 saturated heterocycles. The number of hydrogen-bond acceptors (Lipinski definition) is 7. The van der Waals surface area contributed by atoms with E-state index in [0.717, 1.165) is 41.0 Å². The number of amides is 1. The third-order valence-corrected chi connectivity index (χ3v) is 5.17. The van der Waals surface area contributed by atoms with Gasteiger partial charge in [-0.15, -0.1) is 11.3 Å². The van der Waals surface area contributed by atoms with Crippen molar-refractivity contribution >= 4 is 23.1 Å². The van der Waals surface area contributed by atoms with Gasteiger partial charge in [0.2, 0.25) is 0 Å². The second kappa shape index (κ2) is 7.89. The molecule has 1 fully saturated rings. The van der Waals surface area contributed by atoms with Crippen LogP contribution in [0.5, 0.6) is 0 Å². The van der Waals surface area contributed by atoms with E-state index in [9.17, 15) is 4.79 Å². The van der Waals surface area contributed by atoms with Gasteiger partial charge in [0.25, 0.3) is 5.91 Å². The Balaban J connectivity index is 1.44. The van der Waals surface area contributed by atoms with Gasteiger partial charge in [-0.1, -0.05) is 0 Å². The number of thiazole rings is 1. The Labute approximate surface area is 161 Å². The molecule has 8 heteroatoms. The lowest BCUT2D eigenvalue weighted by atomic mass is 10.2. The van der Waals surface area contributed by atoms with Crippen LogP contribution in [-0.2, 0) is 11.3 Å². The van der Waals surface area contributed by atoms with Crippen molar-refractivity contribution in [1.82, 2.24) is 15.3 Å². The molecule has 0 radical (unpaired) electrons. The van der Waals surface area contributed by atoms with Crippen LogP contribution in [0, 0.1) is 6.92 Å². The number of nitrogens with zero attached hydrogens (tertiary/aromatic N) is 3. The van der Waals surface area contributed by atoms with Gasteiger partial charge in [0, 0.05) is 30.2 Å². The fourth-order valence-electron chi connectivity index (χ4n) is 2.87. The van der Waals surface area contributed by atoms with Crippen LogP contribution in [-0.4, -0.2) is 42.2 Å². The molecule has 0 spiro atoms. The van der Waals surface area contributed by atoms with Crippen molar-refractivity contribution in [3.63, 3.8) is 0 Å². The van der Waals surface area contributed by atoms with Crippen molar-refractivity contribution in [3.8, 4) is 10.6 Å². The summed E-state index contributed by atoms with van der Waals surface area (Å²) in [5.74, 6) is 2.24. The van der Waals surface area contributed by atoms with Gasteiger partial charge in [-0.05, 0) is 31.2 Å². The molecule has 27 heavy (non-hydrogen) atoms. The normalized spacial score (nSPS) is 14.3. The molecule has 1 aliphatic heterocycles. The lowest BCUT2D eigenvalue weighted by molar-refractivity contribution is 0.0943. The summed E-state index contributed by atoms with van der Waals surface area (Å²) in [5.41, 5.74) is 1.36. The highest BCUT2D eigenvalue weighted by atomic mass is 32.1. The predicted molar refractivity (Wildman–Crippen MR) is 103 cm³/mol. The van der Waals surface area contributed by atoms with E-state index in [1.165, 1.54) is 11.3 Å². The lowest BCUT2D eigenvalue weighted by Gasteiger charge is -2.27. The van der Waals surface area contributed by atoms with Crippen LogP contribution in [0.4, 0.5) is 5.82 Å². The Morgan fingerprint density at radius 1 is 1.30 bits per heavy atom. The van der Waals surface area contributed by atoms with E-state index in [2.05, 4.69) is 20.2 Å². The molecule has 1 N–H and O–H groups in total. The summed E-state index contributed by atoms with van der Waals surface area (Å²) in [6.45, 7) is 5.29. The van der Waals surface area contributed by atoms with E-state index >= 15 is 0 Å². The molecule has 4 rings (SSSR count). The standard InChI is InChI=1S/C19H20N4O3S/c1-13-2-3-15(26-13)11-21-18(24)16-12-27-19(22-16)14-4-5-20-17(10-14)23-6-8-25-9-7-23/h2-5,10,12H,6-9,11H2,1H3,(H,21,24). The van der Waals surface area contributed by atoms with E-state index < -0.39 is 0 Å². The minimum Gasteiger partial charge on any atom is -0.465 e. The van der Waals surface area contributed by atoms with E-state index in [1.807, 2.05) is 31.2 Å². The number of anilines is 1. The monoisotopic (exact) mass is 384 g/mol. The second-order valence-corrected chi connectivity index (χ2v) is 7.09. The molecular weight excluding hydrogens is 364 g/mol. The van der Waals surface area contributed by atoms with Crippen LogP contribution in [0.2, 0.25) is 0 Å². The maximum absolute atomic E-state index is 12.3. The molecule has 1 amide bonds. The van der Waals surface area contributed by atoms with Crippen molar-refractivity contribution in [3.05, 3.63) is 53.1 Å². The SMILES string of the molecule is Cc1ccc(CNC(=O)c2csc(-c3ccnc(N4CCOCC4)c3)n2)o1. The molecular formula is C19H20N4O3S. The third kappa shape index (κ3) is 4.17. The average molecular weight is 384 g/mol. The summed E-state index contributed by atoms with van der Waals surface area (Å²) in [4.78, 5) is 23.5. The molecule has 0 aliphatic carbocycles. The van der Waals surface area contributed by atoms with Crippen LogP contribution in [0.15, 0.2) is 40.3 Å². The number of hydrogen-bond donors (Lipinski definition) is 1. The quantitative estimate of drug-likeness (QED) is 0.729. The van der Waals surface area contributed by atoms with Crippen molar-refractivity contribution in [2.45, 2.75) is 13.5 Å². The molecule has 0 unspecified atom stereocenters. The Hall–Kier alpha value is -2.71. The Morgan fingerprint density at radius 2 is 2.15 bits per heavy atom. The zero-order valence-corrected chi connectivity index (χ0v) is 15.8. The number of pyridine rings is 1. The van der Waals surface area contributed by atoms with Gasteiger partial charge in [-0.25, -0.2) is 9.97 Å². The summed E-state index contributed by atoms with van der Waals surface area (Å²) in [6, 6.07) is 7.65. The highest BCUT2D eigenvalue weighted by molar-refractivity contribution is 7.13. The topological polar surface area (TPSA) is 80.5 Å². The fraction of sp³-hybridized carbons (Fsp3) is 0.316. The minimum atomic E-state index is -0.214. The fourth-order valence-corrected chi connectivity index (χ4v) is 3.66. The number of ether oxygens (including phenoxy) is 1. The first-order chi connectivity index (χ1) is 13.2. The number of aromatic nitrogens is 2. The highest BCUT2D eigenvalue weighted by Gasteiger charge is 2.16.